The summed E-state index contributed by atoms with van der Waals surface area (Å²) >= 11 is 0. The molecule has 3 atom stereocenters. The zero-order chi connectivity index (χ0) is 22.6. The molecule has 0 spiro atoms. The Hall–Kier alpha value is -2.20. The highest BCUT2D eigenvalue weighted by atomic mass is 19.4. The summed E-state index contributed by atoms with van der Waals surface area (Å²) in [6.07, 6.45) is 4.97. The fourth-order valence-electron chi connectivity index (χ4n) is 4.71. The molecule has 10 heteroatoms. The first-order valence-corrected chi connectivity index (χ1v) is 10.7. The van der Waals surface area contributed by atoms with Gasteiger partial charge in [0.15, 0.2) is 5.78 Å². The second-order valence-electron chi connectivity index (χ2n) is 8.49. The fourth-order valence-corrected chi connectivity index (χ4v) is 4.71. The average molecular weight is 442 g/mol. The van der Waals surface area contributed by atoms with E-state index in [1.54, 1.807) is 6.20 Å². The van der Waals surface area contributed by atoms with E-state index < -0.39 is 12.1 Å². The number of hydrogen-bond acceptors (Lipinski definition) is 6. The monoisotopic (exact) mass is 442 g/mol. The number of piperidine rings is 2. The summed E-state index contributed by atoms with van der Waals surface area (Å²) in [4.78, 5) is 30.7. The molecule has 7 nitrogen and oxygen atoms in total. The lowest BCUT2D eigenvalue weighted by Crippen LogP contribution is -2.47. The van der Waals surface area contributed by atoms with Gasteiger partial charge >= 0.3 is 12.1 Å². The molecule has 0 radical (unpaired) electrons. The third-order valence-electron chi connectivity index (χ3n) is 6.16. The van der Waals surface area contributed by atoms with Crippen LogP contribution in [-0.2, 0) is 4.79 Å². The van der Waals surface area contributed by atoms with E-state index in [1.165, 1.54) is 32.1 Å². The van der Waals surface area contributed by atoms with Gasteiger partial charge in [-0.3, -0.25) is 9.69 Å². The quantitative estimate of drug-likeness (QED) is 0.692. The van der Waals surface area contributed by atoms with Gasteiger partial charge in [-0.1, -0.05) is 6.42 Å². The average Bonchev–Trinajstić information content (AvgIpc) is 2.99. The van der Waals surface area contributed by atoms with E-state index in [0.29, 0.717) is 24.7 Å². The SMILES string of the molecule is NC1C[C@H]2CC[C@@H](C1)N2c1ccc(C(=O)CN2CCCCC2)cn1.O=C(O)C(F)(F)F. The van der Waals surface area contributed by atoms with Crippen LogP contribution in [0.15, 0.2) is 18.3 Å². The van der Waals surface area contributed by atoms with E-state index in [-0.39, 0.29) is 5.78 Å². The van der Waals surface area contributed by atoms with Gasteiger partial charge in [0.25, 0.3) is 0 Å². The Bertz CT molecular complexity index is 752. The second kappa shape index (κ2) is 9.95. The number of carbonyl (C=O) groups is 2. The summed E-state index contributed by atoms with van der Waals surface area (Å²) in [5.41, 5.74) is 6.89. The van der Waals surface area contributed by atoms with Crippen molar-refractivity contribution in [2.45, 2.75) is 69.2 Å². The highest BCUT2D eigenvalue weighted by Gasteiger charge is 2.40. The highest BCUT2D eigenvalue weighted by Crippen LogP contribution is 2.37. The normalized spacial score (nSPS) is 26.2. The van der Waals surface area contributed by atoms with Gasteiger partial charge in [0.05, 0.1) is 6.54 Å². The van der Waals surface area contributed by atoms with E-state index in [1.807, 2.05) is 12.1 Å². The number of hydrogen-bond donors (Lipinski definition) is 2. The number of carbonyl (C=O) groups excluding carboxylic acids is 1. The van der Waals surface area contributed by atoms with Gasteiger partial charge in [0.1, 0.15) is 5.82 Å². The lowest BCUT2D eigenvalue weighted by Gasteiger charge is -2.38. The van der Waals surface area contributed by atoms with Crippen LogP contribution < -0.4 is 10.6 Å². The Morgan fingerprint density at radius 3 is 2.16 bits per heavy atom. The van der Waals surface area contributed by atoms with Crippen molar-refractivity contribution >= 4 is 17.6 Å². The zero-order valence-corrected chi connectivity index (χ0v) is 17.4. The fraction of sp³-hybridized carbons (Fsp3) is 0.667. The maximum absolute atomic E-state index is 12.5. The van der Waals surface area contributed by atoms with Crippen molar-refractivity contribution in [2.24, 2.45) is 5.73 Å². The molecule has 2 bridgehead atoms. The van der Waals surface area contributed by atoms with Gasteiger partial charge in [-0.15, -0.1) is 0 Å². The Kier molecular flexibility index (Phi) is 7.53. The number of ketones is 1. The number of aromatic nitrogens is 1. The minimum Gasteiger partial charge on any atom is -0.475 e. The standard InChI is InChI=1S/C19H28N4O.C2HF3O2/c20-15-10-16-5-6-17(11-15)23(16)19-7-4-14(12-21-19)18(24)13-22-8-2-1-3-9-22;3-2(4,5)1(6)7/h4,7,12,15-17H,1-3,5-6,8-11,13,20H2;(H,6,7)/t15?,16-,17+;. The summed E-state index contributed by atoms with van der Waals surface area (Å²) in [5.74, 6) is -1.55. The van der Waals surface area contributed by atoms with Crippen molar-refractivity contribution in [3.05, 3.63) is 23.9 Å². The molecule has 0 saturated carbocycles. The molecule has 1 aromatic heterocycles. The van der Waals surface area contributed by atoms with Gasteiger partial charge in [0, 0.05) is 29.9 Å². The molecular weight excluding hydrogens is 413 g/mol. The third-order valence-corrected chi connectivity index (χ3v) is 6.16. The first-order chi connectivity index (χ1) is 14.6. The number of carboxylic acids is 1. The van der Waals surface area contributed by atoms with Crippen LogP contribution in [0.25, 0.3) is 0 Å². The number of carboxylic acid groups (broad SMARTS) is 1. The molecule has 0 aliphatic carbocycles. The van der Waals surface area contributed by atoms with E-state index in [2.05, 4.69) is 14.8 Å². The van der Waals surface area contributed by atoms with Crippen molar-refractivity contribution in [2.75, 3.05) is 24.5 Å². The van der Waals surface area contributed by atoms with Crippen LogP contribution in [0.4, 0.5) is 19.0 Å². The summed E-state index contributed by atoms with van der Waals surface area (Å²) in [6, 6.07) is 5.39. The maximum atomic E-state index is 12.5. The zero-order valence-electron chi connectivity index (χ0n) is 17.4. The predicted molar refractivity (Wildman–Crippen MR) is 109 cm³/mol. The molecule has 0 aromatic carbocycles. The van der Waals surface area contributed by atoms with Crippen molar-refractivity contribution < 1.29 is 27.9 Å². The van der Waals surface area contributed by atoms with Crippen LogP contribution in [0.3, 0.4) is 0 Å². The number of Topliss-reactive ketones (excluding diaryl/α,β-unsaturated/α-hetero) is 1. The summed E-state index contributed by atoms with van der Waals surface area (Å²) in [6.45, 7) is 2.63. The molecule has 0 amide bonds. The van der Waals surface area contributed by atoms with Crippen LogP contribution in [-0.4, -0.2) is 70.7 Å². The molecular formula is C21H29F3N4O3. The summed E-state index contributed by atoms with van der Waals surface area (Å²) in [5, 5.41) is 7.12. The molecule has 31 heavy (non-hydrogen) atoms. The molecule has 3 N–H and O–H groups in total. The first kappa shape index (κ1) is 23.5. The van der Waals surface area contributed by atoms with Crippen molar-refractivity contribution in [1.29, 1.82) is 0 Å². The van der Waals surface area contributed by atoms with E-state index in [0.717, 1.165) is 37.3 Å². The number of alkyl halides is 3. The first-order valence-electron chi connectivity index (χ1n) is 10.7. The number of likely N-dealkylation sites (tertiary alicyclic amines) is 1. The molecule has 3 fully saturated rings. The number of nitrogens with two attached hydrogens (primary N) is 1. The number of anilines is 1. The minimum atomic E-state index is -5.08. The summed E-state index contributed by atoms with van der Waals surface area (Å²) in [7, 11) is 0. The smallest absolute Gasteiger partial charge is 0.475 e. The van der Waals surface area contributed by atoms with E-state index in [4.69, 9.17) is 15.6 Å². The van der Waals surface area contributed by atoms with Crippen LogP contribution in [0, 0.1) is 0 Å². The Morgan fingerprint density at radius 1 is 1.10 bits per heavy atom. The predicted octanol–water partition coefficient (Wildman–Crippen LogP) is 2.84. The lowest BCUT2D eigenvalue weighted by molar-refractivity contribution is -0.192. The molecule has 1 aromatic rings. The number of halogens is 3. The number of fused-ring (bicyclic) bond motifs is 2. The van der Waals surface area contributed by atoms with Crippen molar-refractivity contribution in [1.82, 2.24) is 9.88 Å². The van der Waals surface area contributed by atoms with Crippen LogP contribution in [0.5, 0.6) is 0 Å². The highest BCUT2D eigenvalue weighted by molar-refractivity contribution is 5.97. The topological polar surface area (TPSA) is 99.8 Å². The van der Waals surface area contributed by atoms with E-state index in [9.17, 15) is 18.0 Å². The molecule has 4 rings (SSSR count). The lowest BCUT2D eigenvalue weighted by atomic mass is 9.98. The maximum Gasteiger partial charge on any atom is 0.490 e. The third kappa shape index (κ3) is 6.16. The van der Waals surface area contributed by atoms with Crippen molar-refractivity contribution in [3.8, 4) is 0 Å². The van der Waals surface area contributed by atoms with Gasteiger partial charge in [-0.25, -0.2) is 9.78 Å². The van der Waals surface area contributed by atoms with Crippen LogP contribution in [0.1, 0.15) is 55.3 Å². The van der Waals surface area contributed by atoms with Gasteiger partial charge in [0.2, 0.25) is 0 Å². The Balaban J connectivity index is 0.000000339. The molecule has 1 unspecified atom stereocenters. The van der Waals surface area contributed by atoms with Crippen LogP contribution in [0.2, 0.25) is 0 Å². The Labute approximate surface area is 179 Å². The molecule has 3 aliphatic rings. The van der Waals surface area contributed by atoms with E-state index >= 15 is 0 Å². The molecule has 3 saturated heterocycles. The molecule has 4 heterocycles. The summed E-state index contributed by atoms with van der Waals surface area (Å²) < 4.78 is 31.7. The minimum absolute atomic E-state index is 0.194. The number of pyridine rings is 1. The van der Waals surface area contributed by atoms with Crippen molar-refractivity contribution in [3.63, 3.8) is 0 Å². The molecule has 172 valence electrons. The number of nitrogens with zero attached hydrogens (tertiary/aromatic N) is 3. The Morgan fingerprint density at radius 2 is 1.68 bits per heavy atom. The number of aliphatic carboxylic acids is 1. The van der Waals surface area contributed by atoms with Gasteiger partial charge < -0.3 is 15.7 Å². The largest absolute Gasteiger partial charge is 0.490 e. The van der Waals surface area contributed by atoms with Crippen LogP contribution >= 0.6 is 0 Å². The second-order valence-corrected chi connectivity index (χ2v) is 8.49. The van der Waals surface area contributed by atoms with Gasteiger partial charge in [-0.05, 0) is 63.7 Å². The van der Waals surface area contributed by atoms with Gasteiger partial charge in [-0.2, -0.15) is 13.2 Å². The number of rotatable bonds is 4. The molecule has 3 aliphatic heterocycles.